The first-order valence-corrected chi connectivity index (χ1v) is 14.3. The summed E-state index contributed by atoms with van der Waals surface area (Å²) in [5.41, 5.74) is 0.830. The van der Waals surface area contributed by atoms with Crippen LogP contribution in [-0.4, -0.2) is 75.5 Å². The first-order chi connectivity index (χ1) is 18.5. The summed E-state index contributed by atoms with van der Waals surface area (Å²) in [6.07, 6.45) is -2.03. The third-order valence-electron chi connectivity index (χ3n) is 6.36. The van der Waals surface area contributed by atoms with Gasteiger partial charge >= 0.3 is 12.1 Å². The molecule has 0 spiro atoms. The van der Waals surface area contributed by atoms with Gasteiger partial charge < -0.3 is 24.6 Å². The van der Waals surface area contributed by atoms with Crippen molar-refractivity contribution < 1.29 is 37.3 Å². The van der Waals surface area contributed by atoms with Gasteiger partial charge in [-0.15, -0.1) is 0 Å². The highest BCUT2D eigenvalue weighted by molar-refractivity contribution is 7.89. The number of sulfonamides is 1. The van der Waals surface area contributed by atoms with E-state index >= 15 is 0 Å². The number of ether oxygens (including phenoxy) is 3. The van der Waals surface area contributed by atoms with E-state index in [2.05, 4.69) is 10.1 Å². The van der Waals surface area contributed by atoms with Crippen LogP contribution < -0.4 is 10.1 Å². The Labute approximate surface area is 231 Å². The molecular formula is C28H40N2O8S. The summed E-state index contributed by atoms with van der Waals surface area (Å²) >= 11 is 0. The molecule has 10 nitrogen and oxygen atoms in total. The first kappa shape index (κ1) is 32.1. The number of carbonyl (C=O) groups excluding carboxylic acids is 2. The lowest BCUT2D eigenvalue weighted by Gasteiger charge is -2.31. The highest BCUT2D eigenvalue weighted by Gasteiger charge is 2.32. The number of amides is 1. The Hall–Kier alpha value is -3.15. The number of hydrogen-bond donors (Lipinski definition) is 2. The van der Waals surface area contributed by atoms with Gasteiger partial charge in [0.2, 0.25) is 10.0 Å². The van der Waals surface area contributed by atoms with Crippen LogP contribution in [0.1, 0.15) is 39.2 Å². The quantitative estimate of drug-likeness (QED) is 0.315. The van der Waals surface area contributed by atoms with Crippen molar-refractivity contribution in [1.82, 2.24) is 9.62 Å². The lowest BCUT2D eigenvalue weighted by Crippen LogP contribution is -2.51. The van der Waals surface area contributed by atoms with Crippen molar-refractivity contribution in [3.8, 4) is 5.75 Å². The summed E-state index contributed by atoms with van der Waals surface area (Å²) in [7, 11) is -1.24. The molecule has 0 saturated heterocycles. The number of nitrogens with one attached hydrogen (secondary N) is 1. The van der Waals surface area contributed by atoms with E-state index in [1.165, 1.54) is 30.7 Å². The minimum atomic E-state index is -3.97. The van der Waals surface area contributed by atoms with Gasteiger partial charge in [0.1, 0.15) is 11.9 Å². The van der Waals surface area contributed by atoms with E-state index < -0.39 is 40.3 Å². The van der Waals surface area contributed by atoms with Gasteiger partial charge in [-0.25, -0.2) is 13.2 Å². The van der Waals surface area contributed by atoms with E-state index in [-0.39, 0.29) is 36.7 Å². The van der Waals surface area contributed by atoms with Gasteiger partial charge in [0.05, 0.1) is 37.7 Å². The molecule has 0 heterocycles. The second-order valence-corrected chi connectivity index (χ2v) is 11.5. The van der Waals surface area contributed by atoms with Crippen LogP contribution in [0.4, 0.5) is 4.79 Å². The van der Waals surface area contributed by atoms with Crippen LogP contribution in [0.15, 0.2) is 59.5 Å². The molecule has 0 unspecified atom stereocenters. The largest absolute Gasteiger partial charge is 0.497 e. The van der Waals surface area contributed by atoms with Crippen LogP contribution in [0.25, 0.3) is 0 Å². The van der Waals surface area contributed by atoms with Crippen LogP contribution >= 0.6 is 0 Å². The van der Waals surface area contributed by atoms with E-state index in [4.69, 9.17) is 9.47 Å². The minimum Gasteiger partial charge on any atom is -0.497 e. The fraction of sp³-hybridized carbons (Fsp3) is 0.500. The second kappa shape index (κ2) is 15.4. The summed E-state index contributed by atoms with van der Waals surface area (Å²) in [4.78, 5) is 24.3. The topological polar surface area (TPSA) is 131 Å². The van der Waals surface area contributed by atoms with Crippen LogP contribution in [0, 0.1) is 5.92 Å². The average molecular weight is 565 g/mol. The van der Waals surface area contributed by atoms with Gasteiger partial charge in [0, 0.05) is 13.1 Å². The third-order valence-corrected chi connectivity index (χ3v) is 8.20. The van der Waals surface area contributed by atoms with E-state index in [9.17, 15) is 23.1 Å². The Morgan fingerprint density at radius 2 is 1.64 bits per heavy atom. The molecule has 0 aliphatic rings. The van der Waals surface area contributed by atoms with Gasteiger partial charge in [-0.05, 0) is 49.1 Å². The maximum atomic E-state index is 13.6. The predicted molar refractivity (Wildman–Crippen MR) is 147 cm³/mol. The van der Waals surface area contributed by atoms with Gasteiger partial charge in [-0.3, -0.25) is 4.79 Å². The number of aliphatic hydroxyl groups is 1. The Kier molecular flexibility index (Phi) is 12.7. The number of benzene rings is 2. The lowest BCUT2D eigenvalue weighted by molar-refractivity contribution is -0.142. The molecule has 216 valence electrons. The maximum Gasteiger partial charge on any atom is 0.407 e. The van der Waals surface area contributed by atoms with E-state index in [1.54, 1.807) is 19.1 Å². The maximum absolute atomic E-state index is 13.6. The molecular weight excluding hydrogens is 524 g/mol. The highest BCUT2D eigenvalue weighted by Crippen LogP contribution is 2.22. The Balaban J connectivity index is 2.29. The summed E-state index contributed by atoms with van der Waals surface area (Å²) in [6.45, 7) is 5.37. The zero-order valence-corrected chi connectivity index (χ0v) is 24.0. The van der Waals surface area contributed by atoms with Crippen molar-refractivity contribution in [2.75, 3.05) is 27.3 Å². The molecule has 4 atom stereocenters. The smallest absolute Gasteiger partial charge is 0.407 e. The predicted octanol–water partition coefficient (Wildman–Crippen LogP) is 3.38. The number of alkyl carbamates (subject to hydrolysis) is 1. The molecule has 2 aromatic rings. The normalized spacial score (nSPS) is 14.6. The molecule has 0 aliphatic heterocycles. The molecule has 0 bridgehead atoms. The molecule has 2 rings (SSSR count). The Morgan fingerprint density at radius 3 is 2.21 bits per heavy atom. The van der Waals surface area contributed by atoms with Crippen molar-refractivity contribution in [1.29, 1.82) is 0 Å². The third kappa shape index (κ3) is 10.2. The van der Waals surface area contributed by atoms with Gasteiger partial charge in [0.15, 0.2) is 0 Å². The van der Waals surface area contributed by atoms with Crippen molar-refractivity contribution >= 4 is 22.1 Å². The number of aliphatic hydroxyl groups excluding tert-OH is 1. The summed E-state index contributed by atoms with van der Waals surface area (Å²) in [5.74, 6) is 0.0185. The molecule has 11 heteroatoms. The van der Waals surface area contributed by atoms with Crippen molar-refractivity contribution in [2.24, 2.45) is 5.92 Å². The SMILES string of the molecule is CC[C@@H](C)CN(C[C@@H](O)[C@H](Cc1ccccc1)NC(=O)O[C@H](C)CC(=O)OC)S(=O)(=O)c1ccc(OC)cc1. The number of hydrogen-bond acceptors (Lipinski definition) is 8. The fourth-order valence-corrected chi connectivity index (χ4v) is 5.44. The second-order valence-electron chi connectivity index (χ2n) is 9.52. The van der Waals surface area contributed by atoms with E-state index in [1.807, 2.05) is 44.2 Å². The number of esters is 1. The number of nitrogens with zero attached hydrogens (tertiary/aromatic N) is 1. The van der Waals surface area contributed by atoms with Gasteiger partial charge in [-0.1, -0.05) is 50.6 Å². The van der Waals surface area contributed by atoms with Gasteiger partial charge in [-0.2, -0.15) is 4.31 Å². The number of methoxy groups -OCH3 is 2. The molecule has 0 fully saturated rings. The molecule has 0 radical (unpaired) electrons. The summed E-state index contributed by atoms with van der Waals surface area (Å²) in [5, 5.41) is 14.0. The number of carbonyl (C=O) groups is 2. The summed E-state index contributed by atoms with van der Waals surface area (Å²) < 4.78 is 43.5. The molecule has 2 aromatic carbocycles. The molecule has 0 aliphatic carbocycles. The van der Waals surface area contributed by atoms with Crippen LogP contribution in [0.5, 0.6) is 5.75 Å². The van der Waals surface area contributed by atoms with Crippen LogP contribution in [-0.2, 0) is 30.7 Å². The molecule has 0 aromatic heterocycles. The monoisotopic (exact) mass is 564 g/mol. The van der Waals surface area contributed by atoms with E-state index in [0.29, 0.717) is 5.75 Å². The minimum absolute atomic E-state index is 0.0230. The zero-order chi connectivity index (χ0) is 29.0. The Bertz CT molecular complexity index is 1140. The average Bonchev–Trinajstić information content (AvgIpc) is 2.92. The summed E-state index contributed by atoms with van der Waals surface area (Å²) in [6, 6.07) is 14.4. The first-order valence-electron chi connectivity index (χ1n) is 12.9. The Morgan fingerprint density at radius 1 is 1.00 bits per heavy atom. The lowest BCUT2D eigenvalue weighted by atomic mass is 10.0. The van der Waals surface area contributed by atoms with E-state index in [0.717, 1.165) is 12.0 Å². The van der Waals surface area contributed by atoms with Crippen LogP contribution in [0.2, 0.25) is 0 Å². The molecule has 1 amide bonds. The van der Waals surface area contributed by atoms with Crippen molar-refractivity contribution in [3.63, 3.8) is 0 Å². The molecule has 0 saturated carbocycles. The zero-order valence-electron chi connectivity index (χ0n) is 23.2. The highest BCUT2D eigenvalue weighted by atomic mass is 32.2. The standard InChI is InChI=1S/C28H40N2O8S/c1-6-20(2)18-30(39(34,35)24-14-12-23(36-4)13-15-24)19-26(31)25(17-22-10-8-7-9-11-22)29-28(33)38-21(3)16-27(32)37-5/h7-15,20-21,25-26,31H,6,16-19H2,1-5H3,(H,29,33)/t20-,21-,25+,26-/m1/s1. The van der Waals surface area contributed by atoms with Crippen LogP contribution in [0.3, 0.4) is 0 Å². The fourth-order valence-electron chi connectivity index (χ4n) is 3.86. The van der Waals surface area contributed by atoms with Crippen molar-refractivity contribution in [2.45, 2.75) is 63.2 Å². The van der Waals surface area contributed by atoms with Crippen molar-refractivity contribution in [3.05, 3.63) is 60.2 Å². The van der Waals surface area contributed by atoms with Gasteiger partial charge in [0.25, 0.3) is 0 Å². The molecule has 39 heavy (non-hydrogen) atoms. The number of rotatable bonds is 15. The molecule has 2 N–H and O–H groups in total.